The van der Waals surface area contributed by atoms with Gasteiger partial charge in [0.1, 0.15) is 5.82 Å². The van der Waals surface area contributed by atoms with E-state index in [1.54, 1.807) is 12.1 Å². The van der Waals surface area contributed by atoms with Crippen molar-refractivity contribution in [3.63, 3.8) is 0 Å². The normalized spacial score (nSPS) is 11.3. The molecule has 142 valence electrons. The Kier molecular flexibility index (Phi) is 4.56. The number of nitrogens with two attached hydrogens (primary N) is 1. The molecule has 2 heterocycles. The molecule has 0 saturated carbocycles. The standard InChI is InChI=1S/C19H13Cl2FN4O2/c1-9-7-26(8-10-2-3-11(20)4-15(10)21)16-13(9)5-12(22)6-14(16)18-24-25-19(28-18)17(23)27/h2-7H,8H2,1H3,(H2,23,27). The van der Waals surface area contributed by atoms with Crippen molar-refractivity contribution in [2.75, 3.05) is 0 Å². The first-order chi connectivity index (χ1) is 13.3. The van der Waals surface area contributed by atoms with Crippen LogP contribution in [-0.4, -0.2) is 20.7 Å². The molecule has 0 bridgehead atoms. The van der Waals surface area contributed by atoms with E-state index in [0.717, 1.165) is 11.1 Å². The predicted octanol–water partition coefficient (Wildman–Crippen LogP) is 4.59. The van der Waals surface area contributed by atoms with Crippen LogP contribution >= 0.6 is 23.2 Å². The number of hydrogen-bond donors (Lipinski definition) is 1. The number of hydrogen-bond acceptors (Lipinski definition) is 4. The molecule has 4 aromatic rings. The van der Waals surface area contributed by atoms with Crippen LogP contribution in [-0.2, 0) is 6.54 Å². The second-order valence-electron chi connectivity index (χ2n) is 6.30. The molecule has 4 rings (SSSR count). The van der Waals surface area contributed by atoms with E-state index in [0.29, 0.717) is 33.1 Å². The Labute approximate surface area is 168 Å². The number of aromatic nitrogens is 3. The van der Waals surface area contributed by atoms with Gasteiger partial charge >= 0.3 is 11.8 Å². The van der Waals surface area contributed by atoms with Crippen molar-refractivity contribution < 1.29 is 13.6 Å². The number of nitrogens with zero attached hydrogens (tertiary/aromatic N) is 3. The van der Waals surface area contributed by atoms with Crippen molar-refractivity contribution in [1.29, 1.82) is 0 Å². The lowest BCUT2D eigenvalue weighted by Crippen LogP contribution is -2.10. The lowest BCUT2D eigenvalue weighted by Gasteiger charge is -2.10. The average molecular weight is 419 g/mol. The van der Waals surface area contributed by atoms with E-state index in [9.17, 15) is 9.18 Å². The van der Waals surface area contributed by atoms with Crippen LogP contribution in [0.25, 0.3) is 22.4 Å². The molecule has 0 radical (unpaired) electrons. The first kappa shape index (κ1) is 18.5. The van der Waals surface area contributed by atoms with Gasteiger partial charge in [-0.1, -0.05) is 29.3 Å². The van der Waals surface area contributed by atoms with Crippen LogP contribution in [0.2, 0.25) is 10.0 Å². The van der Waals surface area contributed by atoms with Crippen molar-refractivity contribution in [2.45, 2.75) is 13.5 Å². The van der Waals surface area contributed by atoms with Gasteiger partial charge in [-0.05, 0) is 42.3 Å². The molecule has 2 N–H and O–H groups in total. The molecule has 0 aliphatic heterocycles. The van der Waals surface area contributed by atoms with Crippen LogP contribution in [0.15, 0.2) is 40.9 Å². The maximum absolute atomic E-state index is 14.2. The van der Waals surface area contributed by atoms with Gasteiger partial charge in [-0.25, -0.2) is 4.39 Å². The van der Waals surface area contributed by atoms with Gasteiger partial charge in [-0.3, -0.25) is 4.79 Å². The minimum Gasteiger partial charge on any atom is -0.412 e. The zero-order valence-electron chi connectivity index (χ0n) is 14.5. The summed E-state index contributed by atoms with van der Waals surface area (Å²) in [4.78, 5) is 11.3. The van der Waals surface area contributed by atoms with Gasteiger partial charge < -0.3 is 14.7 Å². The monoisotopic (exact) mass is 418 g/mol. The summed E-state index contributed by atoms with van der Waals surface area (Å²) in [6.07, 6.45) is 1.88. The summed E-state index contributed by atoms with van der Waals surface area (Å²) in [5.41, 5.74) is 7.89. The first-order valence-electron chi connectivity index (χ1n) is 8.20. The van der Waals surface area contributed by atoms with E-state index in [4.69, 9.17) is 33.4 Å². The van der Waals surface area contributed by atoms with E-state index in [-0.39, 0.29) is 11.8 Å². The minimum atomic E-state index is -0.856. The highest BCUT2D eigenvalue weighted by Gasteiger charge is 2.20. The van der Waals surface area contributed by atoms with Crippen molar-refractivity contribution in [2.24, 2.45) is 5.73 Å². The summed E-state index contributed by atoms with van der Waals surface area (Å²) in [5, 5.41) is 9.19. The van der Waals surface area contributed by atoms with Crippen molar-refractivity contribution in [3.8, 4) is 11.5 Å². The summed E-state index contributed by atoms with van der Waals surface area (Å²) in [6.45, 7) is 2.28. The van der Waals surface area contributed by atoms with Crippen LogP contribution in [0.3, 0.4) is 0 Å². The highest BCUT2D eigenvalue weighted by atomic mass is 35.5. The molecule has 0 fully saturated rings. The minimum absolute atomic E-state index is 0.000136. The van der Waals surface area contributed by atoms with Crippen LogP contribution in [0.5, 0.6) is 0 Å². The summed E-state index contributed by atoms with van der Waals surface area (Å²) >= 11 is 12.3. The van der Waals surface area contributed by atoms with Crippen LogP contribution < -0.4 is 5.73 Å². The fourth-order valence-electron chi connectivity index (χ4n) is 3.13. The third kappa shape index (κ3) is 3.23. The Balaban J connectivity index is 1.91. The lowest BCUT2D eigenvalue weighted by molar-refractivity contribution is 0.0968. The molecule has 0 unspecified atom stereocenters. The third-order valence-electron chi connectivity index (χ3n) is 4.36. The quantitative estimate of drug-likeness (QED) is 0.524. The second-order valence-corrected chi connectivity index (χ2v) is 7.15. The predicted molar refractivity (Wildman–Crippen MR) is 104 cm³/mol. The molecule has 0 spiro atoms. The van der Waals surface area contributed by atoms with Gasteiger partial charge in [-0.2, -0.15) is 0 Å². The number of carbonyl (C=O) groups excluding carboxylic acids is 1. The molecule has 2 aromatic carbocycles. The summed E-state index contributed by atoms with van der Waals surface area (Å²) < 4.78 is 21.5. The van der Waals surface area contributed by atoms with E-state index in [1.807, 2.05) is 23.8 Å². The number of benzene rings is 2. The summed E-state index contributed by atoms with van der Waals surface area (Å²) in [7, 11) is 0. The highest BCUT2D eigenvalue weighted by molar-refractivity contribution is 6.35. The van der Waals surface area contributed by atoms with E-state index in [1.165, 1.54) is 12.1 Å². The van der Waals surface area contributed by atoms with Crippen LogP contribution in [0.4, 0.5) is 4.39 Å². The Hall–Kier alpha value is -2.90. The zero-order chi connectivity index (χ0) is 20.0. The van der Waals surface area contributed by atoms with Gasteiger partial charge in [0, 0.05) is 28.2 Å². The maximum Gasteiger partial charge on any atom is 0.306 e. The van der Waals surface area contributed by atoms with Crippen LogP contribution in [0.1, 0.15) is 21.8 Å². The van der Waals surface area contributed by atoms with Gasteiger partial charge in [0.2, 0.25) is 0 Å². The Morgan fingerprint density at radius 2 is 2.04 bits per heavy atom. The SMILES string of the molecule is Cc1cn(Cc2ccc(Cl)cc2Cl)c2c(-c3nnc(C(N)=O)o3)cc(F)cc12. The van der Waals surface area contributed by atoms with Gasteiger partial charge in [0.25, 0.3) is 5.89 Å². The molecular formula is C19H13Cl2FN4O2. The third-order valence-corrected chi connectivity index (χ3v) is 4.95. The van der Waals surface area contributed by atoms with Gasteiger partial charge in [0.05, 0.1) is 11.1 Å². The number of aryl methyl sites for hydroxylation is 1. The fourth-order valence-corrected chi connectivity index (χ4v) is 3.60. The van der Waals surface area contributed by atoms with Crippen molar-refractivity contribution in [3.05, 3.63) is 69.4 Å². The molecule has 1 amide bonds. The molecule has 0 aliphatic carbocycles. The fraction of sp³-hybridized carbons (Fsp3) is 0.105. The second kappa shape index (κ2) is 6.92. The Bertz CT molecular complexity index is 1230. The molecule has 0 aliphatic rings. The number of carbonyl (C=O) groups is 1. The Morgan fingerprint density at radius 1 is 1.25 bits per heavy atom. The number of rotatable bonds is 4. The lowest BCUT2D eigenvalue weighted by atomic mass is 10.1. The number of amides is 1. The number of primary amides is 1. The molecule has 2 aromatic heterocycles. The molecule has 9 heteroatoms. The van der Waals surface area contributed by atoms with E-state index >= 15 is 0 Å². The van der Waals surface area contributed by atoms with Crippen molar-refractivity contribution in [1.82, 2.24) is 14.8 Å². The maximum atomic E-state index is 14.2. The largest absolute Gasteiger partial charge is 0.412 e. The zero-order valence-corrected chi connectivity index (χ0v) is 16.1. The molecule has 0 saturated heterocycles. The topological polar surface area (TPSA) is 86.9 Å². The van der Waals surface area contributed by atoms with Crippen molar-refractivity contribution >= 4 is 40.0 Å². The Morgan fingerprint density at radius 3 is 2.71 bits per heavy atom. The molecule has 0 atom stereocenters. The molecule has 28 heavy (non-hydrogen) atoms. The number of halogens is 3. The van der Waals surface area contributed by atoms with Crippen LogP contribution in [0, 0.1) is 12.7 Å². The van der Waals surface area contributed by atoms with E-state index in [2.05, 4.69) is 10.2 Å². The molecule has 6 nitrogen and oxygen atoms in total. The highest BCUT2D eigenvalue weighted by Crippen LogP contribution is 2.33. The van der Waals surface area contributed by atoms with Gasteiger partial charge in [0.15, 0.2) is 0 Å². The van der Waals surface area contributed by atoms with E-state index < -0.39 is 11.7 Å². The number of fused-ring (bicyclic) bond motifs is 1. The summed E-state index contributed by atoms with van der Waals surface area (Å²) in [5.74, 6) is -1.67. The van der Waals surface area contributed by atoms with Gasteiger partial charge in [-0.15, -0.1) is 10.2 Å². The summed E-state index contributed by atoms with van der Waals surface area (Å²) in [6, 6.07) is 7.94. The molecular weight excluding hydrogens is 406 g/mol. The average Bonchev–Trinajstić information content (AvgIpc) is 3.23. The first-order valence-corrected chi connectivity index (χ1v) is 8.95. The smallest absolute Gasteiger partial charge is 0.306 e.